The summed E-state index contributed by atoms with van der Waals surface area (Å²) in [4.78, 5) is 8.98. The van der Waals surface area contributed by atoms with Crippen LogP contribution in [0.4, 0.5) is 0 Å². The van der Waals surface area contributed by atoms with Gasteiger partial charge in [-0.05, 0) is 18.6 Å². The second-order valence-corrected chi connectivity index (χ2v) is 5.47. The van der Waals surface area contributed by atoms with Crippen molar-refractivity contribution >= 4 is 11.0 Å². The van der Waals surface area contributed by atoms with Crippen molar-refractivity contribution in [3.8, 4) is 11.4 Å². The molecule has 118 valence electrons. The molecule has 0 saturated carbocycles. The van der Waals surface area contributed by atoms with Crippen LogP contribution in [0.1, 0.15) is 6.42 Å². The Bertz CT molecular complexity index is 798. The monoisotopic (exact) mass is 311 g/mol. The standard InChI is InChI=1S/C16H17N5O2/c1-2-4-14-13(3-1)17-9-15(18-14)16-10-21(20-19-16)6-8-23-12-5-7-22-11-12/h1-4,9-10,12H,5-8,11H2. The highest BCUT2D eigenvalue weighted by molar-refractivity contribution is 5.76. The third kappa shape index (κ3) is 3.20. The lowest BCUT2D eigenvalue weighted by molar-refractivity contribution is 0.0369. The Morgan fingerprint density at radius 2 is 2.13 bits per heavy atom. The fourth-order valence-corrected chi connectivity index (χ4v) is 2.56. The van der Waals surface area contributed by atoms with E-state index >= 15 is 0 Å². The van der Waals surface area contributed by atoms with Gasteiger partial charge >= 0.3 is 0 Å². The molecule has 0 spiro atoms. The van der Waals surface area contributed by atoms with E-state index in [1.165, 1.54) is 0 Å². The lowest BCUT2D eigenvalue weighted by Gasteiger charge is -2.08. The smallest absolute Gasteiger partial charge is 0.133 e. The van der Waals surface area contributed by atoms with Crippen molar-refractivity contribution in [3.63, 3.8) is 0 Å². The highest BCUT2D eigenvalue weighted by atomic mass is 16.5. The summed E-state index contributed by atoms with van der Waals surface area (Å²) in [6.07, 6.45) is 4.77. The predicted octanol–water partition coefficient (Wildman–Crippen LogP) is 1.69. The topological polar surface area (TPSA) is 75.0 Å². The SMILES string of the molecule is c1ccc2nc(-c3cn(CCOC4CCOC4)nn3)cnc2c1. The van der Waals surface area contributed by atoms with Crippen LogP contribution in [0.2, 0.25) is 0 Å². The molecule has 1 saturated heterocycles. The quantitative estimate of drug-likeness (QED) is 0.714. The molecule has 3 aromatic rings. The first-order valence-corrected chi connectivity index (χ1v) is 7.70. The van der Waals surface area contributed by atoms with Gasteiger partial charge in [-0.25, -0.2) is 9.67 Å². The first-order chi connectivity index (χ1) is 11.4. The van der Waals surface area contributed by atoms with Gasteiger partial charge in [0, 0.05) is 6.61 Å². The summed E-state index contributed by atoms with van der Waals surface area (Å²) in [5, 5.41) is 8.30. The van der Waals surface area contributed by atoms with Crippen LogP contribution < -0.4 is 0 Å². The number of nitrogens with zero attached hydrogens (tertiary/aromatic N) is 5. The lowest BCUT2D eigenvalue weighted by atomic mass is 10.3. The molecule has 1 aliphatic rings. The highest BCUT2D eigenvalue weighted by Gasteiger charge is 2.15. The van der Waals surface area contributed by atoms with Gasteiger partial charge in [-0.1, -0.05) is 17.3 Å². The van der Waals surface area contributed by atoms with Crippen molar-refractivity contribution in [2.45, 2.75) is 19.1 Å². The molecule has 0 aliphatic carbocycles. The number of fused-ring (bicyclic) bond motifs is 1. The Labute approximate surface area is 133 Å². The summed E-state index contributed by atoms with van der Waals surface area (Å²) in [5.74, 6) is 0. The number of rotatable bonds is 5. The molecular weight excluding hydrogens is 294 g/mol. The summed E-state index contributed by atoms with van der Waals surface area (Å²) in [5.41, 5.74) is 3.16. The van der Waals surface area contributed by atoms with Gasteiger partial charge in [0.25, 0.3) is 0 Å². The molecule has 7 nitrogen and oxygen atoms in total. The summed E-state index contributed by atoms with van der Waals surface area (Å²) in [6, 6.07) is 7.77. The van der Waals surface area contributed by atoms with E-state index in [4.69, 9.17) is 9.47 Å². The fourth-order valence-electron chi connectivity index (χ4n) is 2.56. The van der Waals surface area contributed by atoms with Crippen LogP contribution >= 0.6 is 0 Å². The van der Waals surface area contributed by atoms with Gasteiger partial charge in [-0.2, -0.15) is 0 Å². The Kier molecular flexibility index (Phi) is 3.95. The molecule has 1 atom stereocenters. The largest absolute Gasteiger partial charge is 0.379 e. The molecule has 1 aromatic carbocycles. The van der Waals surface area contributed by atoms with Gasteiger partial charge < -0.3 is 9.47 Å². The van der Waals surface area contributed by atoms with Crippen molar-refractivity contribution in [2.75, 3.05) is 19.8 Å². The maximum atomic E-state index is 5.74. The maximum absolute atomic E-state index is 5.74. The zero-order valence-corrected chi connectivity index (χ0v) is 12.6. The Morgan fingerprint density at radius 1 is 1.22 bits per heavy atom. The van der Waals surface area contributed by atoms with E-state index in [0.717, 1.165) is 29.8 Å². The molecule has 0 bridgehead atoms. The van der Waals surface area contributed by atoms with Gasteiger partial charge in [0.15, 0.2) is 0 Å². The summed E-state index contributed by atoms with van der Waals surface area (Å²) < 4.78 is 12.8. The van der Waals surface area contributed by atoms with Gasteiger partial charge in [0.2, 0.25) is 0 Å². The Balaban J connectivity index is 1.43. The van der Waals surface area contributed by atoms with Crippen LogP contribution in [0.3, 0.4) is 0 Å². The number of aromatic nitrogens is 5. The average Bonchev–Trinajstić information content (AvgIpc) is 3.26. The third-order valence-corrected chi connectivity index (χ3v) is 3.81. The van der Waals surface area contributed by atoms with E-state index in [0.29, 0.717) is 25.5 Å². The maximum Gasteiger partial charge on any atom is 0.133 e. The molecule has 1 fully saturated rings. The molecule has 4 rings (SSSR count). The molecule has 23 heavy (non-hydrogen) atoms. The van der Waals surface area contributed by atoms with Crippen molar-refractivity contribution < 1.29 is 9.47 Å². The first-order valence-electron chi connectivity index (χ1n) is 7.70. The molecule has 0 amide bonds. The zero-order valence-electron chi connectivity index (χ0n) is 12.6. The first kappa shape index (κ1) is 14.2. The minimum Gasteiger partial charge on any atom is -0.379 e. The minimum atomic E-state index is 0.212. The van der Waals surface area contributed by atoms with Gasteiger partial charge in [-0.15, -0.1) is 5.10 Å². The van der Waals surface area contributed by atoms with E-state index in [1.807, 2.05) is 30.5 Å². The number of benzene rings is 1. The summed E-state index contributed by atoms with van der Waals surface area (Å²) in [7, 11) is 0. The van der Waals surface area contributed by atoms with E-state index in [9.17, 15) is 0 Å². The number of para-hydroxylation sites is 2. The van der Waals surface area contributed by atoms with Gasteiger partial charge in [0.05, 0.1) is 49.3 Å². The molecule has 0 radical (unpaired) electrons. The Hall–Kier alpha value is -2.38. The number of hydrogen-bond donors (Lipinski definition) is 0. The molecule has 2 aromatic heterocycles. The van der Waals surface area contributed by atoms with Crippen LogP contribution in [0.25, 0.3) is 22.4 Å². The predicted molar refractivity (Wildman–Crippen MR) is 83.7 cm³/mol. The molecule has 3 heterocycles. The van der Waals surface area contributed by atoms with Crippen LogP contribution in [0.5, 0.6) is 0 Å². The summed E-state index contributed by atoms with van der Waals surface area (Å²) in [6.45, 7) is 2.73. The van der Waals surface area contributed by atoms with Crippen LogP contribution in [-0.2, 0) is 16.0 Å². The van der Waals surface area contributed by atoms with Crippen LogP contribution in [0.15, 0.2) is 36.7 Å². The second kappa shape index (κ2) is 6.39. The van der Waals surface area contributed by atoms with Gasteiger partial charge in [0.1, 0.15) is 11.4 Å². The Morgan fingerprint density at radius 3 is 3.00 bits per heavy atom. The van der Waals surface area contributed by atoms with Crippen molar-refractivity contribution in [1.82, 2.24) is 25.0 Å². The molecule has 1 aliphatic heterocycles. The molecular formula is C16H17N5O2. The van der Waals surface area contributed by atoms with Crippen molar-refractivity contribution in [1.29, 1.82) is 0 Å². The molecule has 1 unspecified atom stereocenters. The van der Waals surface area contributed by atoms with Crippen molar-refractivity contribution in [3.05, 3.63) is 36.7 Å². The van der Waals surface area contributed by atoms with E-state index in [1.54, 1.807) is 10.9 Å². The average molecular weight is 311 g/mol. The van der Waals surface area contributed by atoms with Crippen LogP contribution in [0, 0.1) is 0 Å². The fraction of sp³-hybridized carbons (Fsp3) is 0.375. The van der Waals surface area contributed by atoms with Gasteiger partial charge in [-0.3, -0.25) is 4.98 Å². The second-order valence-electron chi connectivity index (χ2n) is 5.47. The van der Waals surface area contributed by atoms with Crippen molar-refractivity contribution in [2.24, 2.45) is 0 Å². The summed E-state index contributed by atoms with van der Waals surface area (Å²) >= 11 is 0. The normalized spacial score (nSPS) is 17.8. The van der Waals surface area contributed by atoms with Crippen LogP contribution in [-0.4, -0.2) is 50.9 Å². The third-order valence-electron chi connectivity index (χ3n) is 3.81. The zero-order chi connectivity index (χ0) is 15.5. The van der Waals surface area contributed by atoms with E-state index in [2.05, 4.69) is 20.3 Å². The lowest BCUT2D eigenvalue weighted by Crippen LogP contribution is -2.16. The minimum absolute atomic E-state index is 0.212. The highest BCUT2D eigenvalue weighted by Crippen LogP contribution is 2.16. The molecule has 0 N–H and O–H groups in total. The van der Waals surface area contributed by atoms with E-state index < -0.39 is 0 Å². The van der Waals surface area contributed by atoms with E-state index in [-0.39, 0.29) is 6.10 Å². The number of ether oxygens (including phenoxy) is 2. The molecule has 7 heteroatoms. The number of hydrogen-bond acceptors (Lipinski definition) is 6.